The minimum absolute atomic E-state index is 0.0776. The average Bonchev–Trinajstić information content (AvgIpc) is 3.05. The number of alkyl halides is 5. The maximum Gasteiger partial charge on any atom is 0.515 e. The van der Waals surface area contributed by atoms with Crippen molar-refractivity contribution in [2.45, 2.75) is 194 Å². The molecule has 0 saturated carbocycles. The van der Waals surface area contributed by atoms with Crippen LogP contribution in [0.1, 0.15) is 156 Å². The highest BCUT2D eigenvalue weighted by Crippen LogP contribution is 2.36. The van der Waals surface area contributed by atoms with Gasteiger partial charge in [0.05, 0.1) is 7.05 Å². The lowest BCUT2D eigenvalue weighted by atomic mass is 9.17. The topological polar surface area (TPSA) is 4.44 Å². The maximum absolute atomic E-state index is 13.1. The number of unbranched alkanes of at least 4 members (excludes halogenated alkanes) is 16. The van der Waals surface area contributed by atoms with E-state index in [1.54, 1.807) is 25.3 Å². The molecular weight excluding hydrogens is 659 g/mol. The van der Waals surface area contributed by atoms with E-state index < -0.39 is 51.9 Å². The van der Waals surface area contributed by atoms with E-state index in [0.29, 0.717) is 0 Å². The highest BCUT2D eigenvalue weighted by Gasteiger charge is 2.67. The van der Waals surface area contributed by atoms with Crippen LogP contribution in [0.2, 0.25) is 25.3 Å². The summed E-state index contributed by atoms with van der Waals surface area (Å²) in [4.78, 5) is -2.34. The highest BCUT2D eigenvalue weighted by molar-refractivity contribution is 6.79. The Bertz CT molecular complexity index is 912. The lowest BCUT2D eigenvalue weighted by Crippen LogP contribution is -3.14. The van der Waals surface area contributed by atoms with Crippen molar-refractivity contribution in [2.24, 2.45) is 0 Å². The van der Waals surface area contributed by atoms with Gasteiger partial charge < -0.3 is 0 Å². The van der Waals surface area contributed by atoms with Gasteiger partial charge in [-0.05, 0) is 0 Å². The van der Waals surface area contributed by atoms with Crippen molar-refractivity contribution in [2.75, 3.05) is 7.05 Å². The monoisotopic (exact) mass is 723 g/mol. The Balaban J connectivity index is 0.00000100. The molecule has 49 heavy (non-hydrogen) atoms. The standard InChI is InChI=1S/C28H60B.C9H3F10N/c1-5-9-13-17-21-25-29(26-22-18-14-10-6-2,27-23-19-15-11-7-3)28-24-20-16-12-8-4;1-20(9(18,19)8(15,16)17)7-5(13)3(11)2(10)4(12)6(7)14/h5-28H2,1-4H3;1H3/q-1;/p+1. The van der Waals surface area contributed by atoms with Gasteiger partial charge in [0.2, 0.25) is 34.8 Å². The Labute approximate surface area is 290 Å². The van der Waals surface area contributed by atoms with Crippen LogP contribution in [0.15, 0.2) is 0 Å². The quantitative estimate of drug-likeness (QED) is 0.0242. The first kappa shape index (κ1) is 47.5. The molecular formula is C37H64BF10N. The molecule has 0 aliphatic carbocycles. The zero-order chi connectivity index (χ0) is 37.5. The summed E-state index contributed by atoms with van der Waals surface area (Å²) in [5.41, 5.74) is -2.30. The SMILES string of the molecule is CCCCCCC[B-](CCCCCCC)(CCCCCCC)CCCCCCC.C[NH+](c1c(F)c(F)c(F)c(F)c1F)C(F)(F)C(F)(F)F. The third-order valence-corrected chi connectivity index (χ3v) is 10.1. The van der Waals surface area contributed by atoms with Gasteiger partial charge in [0.1, 0.15) is 0 Å². The molecule has 12 heteroatoms. The van der Waals surface area contributed by atoms with Crippen molar-refractivity contribution in [1.82, 2.24) is 0 Å². The van der Waals surface area contributed by atoms with Crippen molar-refractivity contribution in [3.8, 4) is 0 Å². The molecule has 1 aromatic rings. The second kappa shape index (κ2) is 25.5. The van der Waals surface area contributed by atoms with E-state index >= 15 is 0 Å². The molecule has 0 saturated heterocycles. The van der Waals surface area contributed by atoms with Crippen LogP contribution in [0, 0.1) is 29.1 Å². The van der Waals surface area contributed by atoms with Gasteiger partial charge in [-0.15, -0.1) is 8.78 Å². The van der Waals surface area contributed by atoms with Crippen molar-refractivity contribution in [3.05, 3.63) is 29.1 Å². The van der Waals surface area contributed by atoms with Crippen LogP contribution < -0.4 is 4.90 Å². The van der Waals surface area contributed by atoms with Crippen LogP contribution in [-0.2, 0) is 0 Å². The Morgan fingerprint density at radius 1 is 0.408 bits per heavy atom. The van der Waals surface area contributed by atoms with Crippen molar-refractivity contribution >= 4 is 11.8 Å². The van der Waals surface area contributed by atoms with E-state index in [1.807, 2.05) is 0 Å². The minimum atomic E-state index is -6.25. The van der Waals surface area contributed by atoms with E-state index in [2.05, 4.69) is 27.7 Å². The van der Waals surface area contributed by atoms with Crippen LogP contribution in [0.25, 0.3) is 0 Å². The molecule has 0 aromatic heterocycles. The second-order valence-electron chi connectivity index (χ2n) is 14.2. The molecule has 1 atom stereocenters. The first-order valence-electron chi connectivity index (χ1n) is 19.1. The Hall–Kier alpha value is -1.46. The molecule has 0 fully saturated rings. The number of halogens is 10. The van der Waals surface area contributed by atoms with Crippen LogP contribution in [-0.4, -0.2) is 25.4 Å². The number of hydrogen-bond acceptors (Lipinski definition) is 0. The van der Waals surface area contributed by atoms with Gasteiger partial charge in [0.15, 0.2) is 0 Å². The fourth-order valence-electron chi connectivity index (χ4n) is 6.89. The van der Waals surface area contributed by atoms with Gasteiger partial charge in [0, 0.05) is 6.15 Å². The lowest BCUT2D eigenvalue weighted by molar-refractivity contribution is -0.934. The van der Waals surface area contributed by atoms with Crippen LogP contribution >= 0.6 is 0 Å². The van der Waals surface area contributed by atoms with Crippen LogP contribution in [0.4, 0.5) is 49.6 Å². The summed E-state index contributed by atoms with van der Waals surface area (Å²) in [7, 11) is -0.0776. The van der Waals surface area contributed by atoms with Crippen LogP contribution in [0.3, 0.4) is 0 Å². The predicted molar refractivity (Wildman–Crippen MR) is 184 cm³/mol. The Morgan fingerprint density at radius 3 is 0.898 bits per heavy atom. The van der Waals surface area contributed by atoms with Gasteiger partial charge >= 0.3 is 12.2 Å². The molecule has 0 aliphatic rings. The van der Waals surface area contributed by atoms with E-state index in [1.165, 1.54) is 128 Å². The molecule has 0 spiro atoms. The summed E-state index contributed by atoms with van der Waals surface area (Å²) in [5.74, 6) is -13.4. The average molecular weight is 724 g/mol. The highest BCUT2D eigenvalue weighted by atomic mass is 19.4. The van der Waals surface area contributed by atoms with Crippen molar-refractivity contribution < 1.29 is 48.8 Å². The second-order valence-corrected chi connectivity index (χ2v) is 14.2. The molecule has 1 unspecified atom stereocenters. The van der Waals surface area contributed by atoms with Gasteiger partial charge in [-0.1, -0.05) is 156 Å². The first-order chi connectivity index (χ1) is 23.1. The third kappa shape index (κ3) is 17.1. The Morgan fingerprint density at radius 2 is 0.653 bits per heavy atom. The van der Waals surface area contributed by atoms with Gasteiger partial charge in [-0.2, -0.15) is 47.2 Å². The van der Waals surface area contributed by atoms with Gasteiger partial charge in [-0.3, -0.25) is 0 Å². The summed E-state index contributed by atoms with van der Waals surface area (Å²) in [6, 6.07) is -5.76. The third-order valence-electron chi connectivity index (χ3n) is 10.1. The number of benzene rings is 1. The zero-order valence-electron chi connectivity index (χ0n) is 30.8. The van der Waals surface area contributed by atoms with Crippen molar-refractivity contribution in [3.63, 3.8) is 0 Å². The van der Waals surface area contributed by atoms with Gasteiger partial charge in [-0.25, -0.2) is 18.1 Å². The first-order valence-corrected chi connectivity index (χ1v) is 19.1. The predicted octanol–water partition coefficient (Wildman–Crippen LogP) is 14.0. The molecule has 1 N–H and O–H groups in total. The minimum Gasteiger partial charge on any atom is -0.231 e. The molecule has 0 amide bonds. The van der Waals surface area contributed by atoms with E-state index in [-0.39, 0.29) is 13.2 Å². The molecule has 1 aromatic carbocycles. The number of rotatable bonds is 26. The van der Waals surface area contributed by atoms with E-state index in [9.17, 15) is 43.9 Å². The van der Waals surface area contributed by atoms with E-state index in [0.717, 1.165) is 0 Å². The summed E-state index contributed by atoms with van der Waals surface area (Å²) < 4.78 is 126. The maximum atomic E-state index is 13.1. The molecule has 290 valence electrons. The number of quaternary nitrogens is 1. The fourth-order valence-corrected chi connectivity index (χ4v) is 6.89. The van der Waals surface area contributed by atoms with Crippen molar-refractivity contribution in [1.29, 1.82) is 0 Å². The molecule has 0 aliphatic heterocycles. The summed E-state index contributed by atoms with van der Waals surface area (Å²) in [6.45, 7) is 9.38. The van der Waals surface area contributed by atoms with Gasteiger partial charge in [0.25, 0.3) is 0 Å². The summed E-state index contributed by atoms with van der Waals surface area (Å²) in [5, 5.41) is 0. The summed E-state index contributed by atoms with van der Waals surface area (Å²) >= 11 is 0. The summed E-state index contributed by atoms with van der Waals surface area (Å²) in [6.07, 6.45) is 29.4. The lowest BCUT2D eigenvalue weighted by Gasteiger charge is -2.41. The zero-order valence-corrected chi connectivity index (χ0v) is 30.8. The number of hydrogen-bond donors (Lipinski definition) is 1. The van der Waals surface area contributed by atoms with Crippen LogP contribution in [0.5, 0.6) is 0 Å². The molecule has 0 heterocycles. The molecule has 1 nitrogen and oxygen atoms in total. The largest absolute Gasteiger partial charge is 0.515 e. The fraction of sp³-hybridized carbons (Fsp3) is 0.838. The Kier molecular flexibility index (Phi) is 24.7. The normalized spacial score (nSPS) is 13.0. The molecule has 1 rings (SSSR count). The molecule has 0 bridgehead atoms. The molecule has 0 radical (unpaired) electrons. The number of nitrogens with one attached hydrogen (secondary N) is 1. The smallest absolute Gasteiger partial charge is 0.231 e. The van der Waals surface area contributed by atoms with E-state index in [4.69, 9.17) is 0 Å².